The summed E-state index contributed by atoms with van der Waals surface area (Å²) >= 11 is 0.943. The molecule has 0 aliphatic carbocycles. The maximum atomic E-state index is 12.1. The van der Waals surface area contributed by atoms with E-state index in [9.17, 15) is 18.3 Å². The van der Waals surface area contributed by atoms with E-state index >= 15 is 0 Å². The van der Waals surface area contributed by atoms with Crippen molar-refractivity contribution in [1.29, 1.82) is 0 Å². The lowest BCUT2D eigenvalue weighted by Gasteiger charge is -2.06. The van der Waals surface area contributed by atoms with E-state index in [0.29, 0.717) is 10.6 Å². The van der Waals surface area contributed by atoms with Crippen LogP contribution in [0.1, 0.15) is 4.88 Å². The Morgan fingerprint density at radius 1 is 1.38 bits per heavy atom. The number of rotatable bonds is 6. The molecule has 2 rings (SSSR count). The van der Waals surface area contributed by atoms with Gasteiger partial charge in [-0.05, 0) is 24.3 Å². The molecule has 0 saturated heterocycles. The molecule has 0 spiro atoms. The van der Waals surface area contributed by atoms with Crippen LogP contribution in [0, 0.1) is 0 Å². The largest absolute Gasteiger partial charge is 0.550 e. The molecule has 1 N–H and O–H groups in total. The quantitative estimate of drug-likeness (QED) is 0.814. The number of carbonyl (C=O) groups is 1. The van der Waals surface area contributed by atoms with Gasteiger partial charge in [0.1, 0.15) is 5.75 Å². The number of benzene rings is 1. The molecule has 0 unspecified atom stereocenters. The highest BCUT2D eigenvalue weighted by molar-refractivity contribution is 7.93. The molecule has 2 aromatic rings. The molecular formula is C12H11N2O5S2-. The number of thiazole rings is 1. The monoisotopic (exact) mass is 327 g/mol. The number of hydrogen-bond donors (Lipinski definition) is 1. The van der Waals surface area contributed by atoms with Crippen LogP contribution in [0.15, 0.2) is 35.4 Å². The molecular weight excluding hydrogens is 316 g/mol. The lowest BCUT2D eigenvalue weighted by atomic mass is 10.3. The summed E-state index contributed by atoms with van der Waals surface area (Å²) in [5.74, 6) is -0.706. The fourth-order valence-corrected chi connectivity index (χ4v) is 3.55. The summed E-state index contributed by atoms with van der Waals surface area (Å²) in [5, 5.41) is 10.6. The number of carboxylic acids is 1. The lowest BCUT2D eigenvalue weighted by molar-refractivity contribution is -0.304. The SMILES string of the molecule is COc1ccc(S(=O)(=O)Nc2ncc(CC(=O)[O-])s2)cc1. The first-order chi connectivity index (χ1) is 9.90. The molecule has 0 saturated carbocycles. The van der Waals surface area contributed by atoms with Gasteiger partial charge in [0.2, 0.25) is 0 Å². The highest BCUT2D eigenvalue weighted by atomic mass is 32.2. The van der Waals surface area contributed by atoms with Crippen molar-refractivity contribution in [2.45, 2.75) is 11.3 Å². The number of carboxylic acid groups (broad SMARTS) is 1. The van der Waals surface area contributed by atoms with Crippen LogP contribution < -0.4 is 14.6 Å². The molecule has 0 fully saturated rings. The van der Waals surface area contributed by atoms with Gasteiger partial charge < -0.3 is 14.6 Å². The molecule has 1 heterocycles. The van der Waals surface area contributed by atoms with Crippen LogP contribution in [0.25, 0.3) is 0 Å². The predicted molar refractivity (Wildman–Crippen MR) is 74.6 cm³/mol. The Kier molecular flexibility index (Phi) is 4.43. The van der Waals surface area contributed by atoms with Crippen molar-refractivity contribution in [3.63, 3.8) is 0 Å². The van der Waals surface area contributed by atoms with E-state index in [1.807, 2.05) is 0 Å². The molecule has 7 nitrogen and oxygen atoms in total. The average molecular weight is 327 g/mol. The first-order valence-corrected chi connectivity index (χ1v) is 8.02. The zero-order chi connectivity index (χ0) is 15.5. The Labute approximate surface area is 125 Å². The Hall–Kier alpha value is -2.13. The maximum Gasteiger partial charge on any atom is 0.263 e. The molecule has 0 aliphatic heterocycles. The molecule has 0 radical (unpaired) electrons. The average Bonchev–Trinajstić information content (AvgIpc) is 2.84. The number of anilines is 1. The molecule has 112 valence electrons. The van der Waals surface area contributed by atoms with E-state index in [2.05, 4.69) is 9.71 Å². The highest BCUT2D eigenvalue weighted by Crippen LogP contribution is 2.23. The van der Waals surface area contributed by atoms with Crippen molar-refractivity contribution in [2.24, 2.45) is 0 Å². The topological polar surface area (TPSA) is 108 Å². The van der Waals surface area contributed by atoms with Crippen LogP contribution in [-0.4, -0.2) is 26.5 Å². The number of hydrogen-bond acceptors (Lipinski definition) is 7. The van der Waals surface area contributed by atoms with Gasteiger partial charge in [0.15, 0.2) is 5.13 Å². The zero-order valence-corrected chi connectivity index (χ0v) is 12.5. The minimum Gasteiger partial charge on any atom is -0.550 e. The lowest BCUT2D eigenvalue weighted by Crippen LogP contribution is -2.23. The summed E-state index contributed by atoms with van der Waals surface area (Å²) in [6, 6.07) is 5.85. The van der Waals surface area contributed by atoms with Crippen LogP contribution in [0.5, 0.6) is 5.75 Å². The second kappa shape index (κ2) is 6.10. The molecule has 0 aliphatic rings. The number of ether oxygens (including phenoxy) is 1. The summed E-state index contributed by atoms with van der Waals surface area (Å²) in [5.41, 5.74) is 0. The second-order valence-corrected chi connectivity index (χ2v) is 6.76. The first-order valence-electron chi connectivity index (χ1n) is 5.72. The Bertz CT molecular complexity index is 737. The Morgan fingerprint density at radius 3 is 2.62 bits per heavy atom. The van der Waals surface area contributed by atoms with Gasteiger partial charge in [0.05, 0.1) is 12.0 Å². The van der Waals surface area contributed by atoms with Gasteiger partial charge in [-0.25, -0.2) is 13.4 Å². The normalized spacial score (nSPS) is 11.1. The summed E-state index contributed by atoms with van der Waals surface area (Å²) in [6.07, 6.45) is 0.994. The number of nitrogens with one attached hydrogen (secondary N) is 1. The Balaban J connectivity index is 2.16. The van der Waals surface area contributed by atoms with Gasteiger partial charge in [-0.3, -0.25) is 4.72 Å². The fourth-order valence-electron chi connectivity index (χ4n) is 1.51. The second-order valence-electron chi connectivity index (χ2n) is 3.96. The van der Waals surface area contributed by atoms with Gasteiger partial charge in [-0.15, -0.1) is 11.3 Å². The van der Waals surface area contributed by atoms with E-state index in [1.54, 1.807) is 0 Å². The van der Waals surface area contributed by atoms with Crippen molar-refractivity contribution < 1.29 is 23.1 Å². The smallest absolute Gasteiger partial charge is 0.263 e. The van der Waals surface area contributed by atoms with Crippen LogP contribution in [-0.2, 0) is 21.2 Å². The third kappa shape index (κ3) is 3.92. The number of carbonyl (C=O) groups excluding carboxylic acids is 1. The van der Waals surface area contributed by atoms with Crippen molar-refractivity contribution >= 4 is 32.5 Å². The number of nitrogens with zero attached hydrogens (tertiary/aromatic N) is 1. The van der Waals surface area contributed by atoms with E-state index < -0.39 is 16.0 Å². The van der Waals surface area contributed by atoms with E-state index in [1.165, 1.54) is 37.6 Å². The number of methoxy groups -OCH3 is 1. The third-order valence-electron chi connectivity index (χ3n) is 2.46. The van der Waals surface area contributed by atoms with Gasteiger partial charge in [-0.1, -0.05) is 0 Å². The van der Waals surface area contributed by atoms with Gasteiger partial charge >= 0.3 is 0 Å². The zero-order valence-electron chi connectivity index (χ0n) is 10.9. The first kappa shape index (κ1) is 15.3. The number of aliphatic carboxylic acids is 1. The molecule has 21 heavy (non-hydrogen) atoms. The molecule has 1 aromatic carbocycles. The highest BCUT2D eigenvalue weighted by Gasteiger charge is 2.16. The standard InChI is InChI=1S/C12H12N2O5S2/c1-19-8-2-4-10(5-3-8)21(17,18)14-12-13-7-9(20-12)6-11(15)16/h2-5,7H,6H2,1H3,(H,13,14)(H,15,16)/p-1. The van der Waals surface area contributed by atoms with Crippen LogP contribution in [0.2, 0.25) is 0 Å². The maximum absolute atomic E-state index is 12.1. The van der Waals surface area contributed by atoms with E-state index in [0.717, 1.165) is 11.3 Å². The summed E-state index contributed by atoms with van der Waals surface area (Å²) < 4.78 is 31.5. The third-order valence-corrected chi connectivity index (χ3v) is 4.86. The number of aromatic nitrogens is 1. The van der Waals surface area contributed by atoms with Gasteiger partial charge in [-0.2, -0.15) is 0 Å². The summed E-state index contributed by atoms with van der Waals surface area (Å²) in [6.45, 7) is 0. The summed E-state index contributed by atoms with van der Waals surface area (Å²) in [7, 11) is -2.29. The van der Waals surface area contributed by atoms with Crippen molar-refractivity contribution in [2.75, 3.05) is 11.8 Å². The van der Waals surface area contributed by atoms with Crippen molar-refractivity contribution in [3.8, 4) is 5.75 Å². The van der Waals surface area contributed by atoms with Crippen LogP contribution in [0.3, 0.4) is 0 Å². The van der Waals surface area contributed by atoms with Crippen LogP contribution >= 0.6 is 11.3 Å². The number of sulfonamides is 1. The van der Waals surface area contributed by atoms with Crippen molar-refractivity contribution in [1.82, 2.24) is 4.98 Å². The van der Waals surface area contributed by atoms with Gasteiger partial charge in [0, 0.05) is 23.5 Å². The molecule has 0 amide bonds. The van der Waals surface area contributed by atoms with E-state index in [-0.39, 0.29) is 16.4 Å². The molecule has 1 aromatic heterocycles. The van der Waals surface area contributed by atoms with Crippen LogP contribution in [0.4, 0.5) is 5.13 Å². The predicted octanol–water partition coefficient (Wildman–Crippen LogP) is 0.245. The summed E-state index contributed by atoms with van der Waals surface area (Å²) in [4.78, 5) is 14.7. The fraction of sp³-hybridized carbons (Fsp3) is 0.167. The molecule has 0 bridgehead atoms. The molecule has 0 atom stereocenters. The van der Waals surface area contributed by atoms with E-state index in [4.69, 9.17) is 4.74 Å². The minimum absolute atomic E-state index is 0.0555. The Morgan fingerprint density at radius 2 is 2.05 bits per heavy atom. The van der Waals surface area contributed by atoms with Crippen molar-refractivity contribution in [3.05, 3.63) is 35.3 Å². The molecule has 9 heteroatoms. The minimum atomic E-state index is -3.77. The van der Waals surface area contributed by atoms with Gasteiger partial charge in [0.25, 0.3) is 10.0 Å².